The average Bonchev–Trinajstić information content (AvgIpc) is 2.17. The molecule has 1 rings (SSSR count). The molecule has 0 aliphatic carbocycles. The van der Waals surface area contributed by atoms with E-state index < -0.39 is 0 Å². The molecule has 0 aliphatic heterocycles. The maximum atomic E-state index is 9.10. The summed E-state index contributed by atoms with van der Waals surface area (Å²) in [6, 6.07) is 7.89. The van der Waals surface area contributed by atoms with Gasteiger partial charge in [0.1, 0.15) is 0 Å². The van der Waals surface area contributed by atoms with Gasteiger partial charge in [-0.05, 0) is 30.5 Å². The molecule has 0 bridgehead atoms. The van der Waals surface area contributed by atoms with Gasteiger partial charge in [-0.25, -0.2) is 0 Å². The highest BCUT2D eigenvalue weighted by atomic mass is 35.5. The third-order valence-corrected chi connectivity index (χ3v) is 2.54. The molecular weight excluding hydrogens is 210 g/mol. The van der Waals surface area contributed by atoms with Crippen LogP contribution in [0.4, 0.5) is 0 Å². The van der Waals surface area contributed by atoms with Crippen molar-refractivity contribution in [3.05, 3.63) is 34.9 Å². The first-order valence-electron chi connectivity index (χ1n) is 5.24. The van der Waals surface area contributed by atoms with Crippen LogP contribution in [-0.4, -0.2) is 24.3 Å². The minimum absolute atomic E-state index is 0.295. The van der Waals surface area contributed by atoms with E-state index in [1.165, 1.54) is 5.56 Å². The summed E-state index contributed by atoms with van der Waals surface area (Å²) in [5.41, 5.74) is 1.22. The number of halogens is 1. The van der Waals surface area contributed by atoms with Gasteiger partial charge in [-0.1, -0.05) is 30.7 Å². The van der Waals surface area contributed by atoms with E-state index >= 15 is 0 Å². The van der Waals surface area contributed by atoms with Crippen molar-refractivity contribution in [2.24, 2.45) is 0 Å². The van der Waals surface area contributed by atoms with E-state index in [1.54, 1.807) is 6.92 Å². The van der Waals surface area contributed by atoms with Gasteiger partial charge >= 0.3 is 0 Å². The smallest absolute Gasteiger partial charge is 0.0636 e. The molecule has 0 amide bonds. The minimum atomic E-state index is -0.295. The van der Waals surface area contributed by atoms with Crippen molar-refractivity contribution in [1.29, 1.82) is 0 Å². The lowest BCUT2D eigenvalue weighted by molar-refractivity contribution is 0.191. The average molecular weight is 228 g/mol. The Balaban J connectivity index is 2.43. The summed E-state index contributed by atoms with van der Waals surface area (Å²) in [5.74, 6) is 0.405. The highest BCUT2D eigenvalue weighted by Crippen LogP contribution is 2.18. The fourth-order valence-corrected chi connectivity index (χ4v) is 1.64. The number of nitrogens with one attached hydrogen (secondary N) is 1. The van der Waals surface area contributed by atoms with Crippen molar-refractivity contribution in [1.82, 2.24) is 5.32 Å². The standard InChI is InChI=1S/C12H18ClNO/c1-9(7-14-8-10(2)15)11-4-3-5-12(13)6-11/h3-6,9-10,14-15H,7-8H2,1-2H3/t9?,10-/m1/s1. The molecule has 84 valence electrons. The largest absolute Gasteiger partial charge is 0.392 e. The number of hydrogen-bond donors (Lipinski definition) is 2. The molecule has 0 radical (unpaired) electrons. The van der Waals surface area contributed by atoms with E-state index in [0.29, 0.717) is 12.5 Å². The maximum Gasteiger partial charge on any atom is 0.0636 e. The zero-order valence-electron chi connectivity index (χ0n) is 9.20. The molecule has 3 heteroatoms. The topological polar surface area (TPSA) is 32.3 Å². The fraction of sp³-hybridized carbons (Fsp3) is 0.500. The molecule has 1 aromatic carbocycles. The van der Waals surface area contributed by atoms with Crippen LogP contribution >= 0.6 is 11.6 Å². The molecule has 0 saturated carbocycles. The van der Waals surface area contributed by atoms with E-state index in [2.05, 4.69) is 18.3 Å². The van der Waals surface area contributed by atoms with Crippen LogP contribution in [0.25, 0.3) is 0 Å². The summed E-state index contributed by atoms with van der Waals surface area (Å²) in [7, 11) is 0. The molecule has 2 N–H and O–H groups in total. The van der Waals surface area contributed by atoms with Gasteiger partial charge in [-0.3, -0.25) is 0 Å². The molecule has 0 aromatic heterocycles. The number of hydrogen-bond acceptors (Lipinski definition) is 2. The Hall–Kier alpha value is -0.570. The summed E-state index contributed by atoms with van der Waals surface area (Å²) >= 11 is 5.91. The van der Waals surface area contributed by atoms with Crippen LogP contribution in [-0.2, 0) is 0 Å². The van der Waals surface area contributed by atoms with Crippen LogP contribution in [0.5, 0.6) is 0 Å². The van der Waals surface area contributed by atoms with Crippen molar-refractivity contribution >= 4 is 11.6 Å². The fourth-order valence-electron chi connectivity index (χ4n) is 1.44. The van der Waals surface area contributed by atoms with Gasteiger partial charge in [0.25, 0.3) is 0 Å². The van der Waals surface area contributed by atoms with Gasteiger partial charge in [0, 0.05) is 18.1 Å². The molecule has 0 aliphatic rings. The Morgan fingerprint density at radius 2 is 2.07 bits per heavy atom. The van der Waals surface area contributed by atoms with Gasteiger partial charge in [-0.15, -0.1) is 0 Å². The SMILES string of the molecule is CC(CNC[C@@H](C)O)c1cccc(Cl)c1. The molecule has 1 unspecified atom stereocenters. The molecular formula is C12H18ClNO. The van der Waals surface area contributed by atoms with Gasteiger partial charge < -0.3 is 10.4 Å². The van der Waals surface area contributed by atoms with Crippen LogP contribution in [0, 0.1) is 0 Å². The lowest BCUT2D eigenvalue weighted by Crippen LogP contribution is -2.27. The quantitative estimate of drug-likeness (QED) is 0.810. The summed E-state index contributed by atoms with van der Waals surface area (Å²) in [4.78, 5) is 0. The van der Waals surface area contributed by atoms with Crippen LogP contribution in [0.3, 0.4) is 0 Å². The second-order valence-corrected chi connectivity index (χ2v) is 4.40. The molecule has 0 saturated heterocycles. The predicted molar refractivity (Wildman–Crippen MR) is 64.4 cm³/mol. The molecule has 15 heavy (non-hydrogen) atoms. The Morgan fingerprint density at radius 3 is 2.67 bits per heavy atom. The lowest BCUT2D eigenvalue weighted by Gasteiger charge is -2.14. The lowest BCUT2D eigenvalue weighted by atomic mass is 10.0. The first kappa shape index (κ1) is 12.5. The second kappa shape index (κ2) is 6.11. The van der Waals surface area contributed by atoms with E-state index in [0.717, 1.165) is 11.6 Å². The molecule has 0 heterocycles. The van der Waals surface area contributed by atoms with Crippen LogP contribution in [0.2, 0.25) is 5.02 Å². The molecule has 1 aromatic rings. The zero-order valence-corrected chi connectivity index (χ0v) is 9.96. The minimum Gasteiger partial charge on any atom is -0.392 e. The number of benzene rings is 1. The molecule has 0 spiro atoms. The second-order valence-electron chi connectivity index (χ2n) is 3.96. The van der Waals surface area contributed by atoms with Crippen LogP contribution in [0.15, 0.2) is 24.3 Å². The third-order valence-electron chi connectivity index (χ3n) is 2.31. The van der Waals surface area contributed by atoms with Gasteiger partial charge in [0.2, 0.25) is 0 Å². The van der Waals surface area contributed by atoms with Crippen molar-refractivity contribution in [2.75, 3.05) is 13.1 Å². The Bertz CT molecular complexity index is 301. The maximum absolute atomic E-state index is 9.10. The summed E-state index contributed by atoms with van der Waals surface area (Å²) < 4.78 is 0. The summed E-state index contributed by atoms with van der Waals surface area (Å²) in [5, 5.41) is 13.1. The molecule has 2 atom stereocenters. The van der Waals surface area contributed by atoms with E-state index in [9.17, 15) is 0 Å². The van der Waals surface area contributed by atoms with E-state index in [1.807, 2.05) is 18.2 Å². The van der Waals surface area contributed by atoms with Crippen molar-refractivity contribution in [3.63, 3.8) is 0 Å². The summed E-state index contributed by atoms with van der Waals surface area (Å²) in [6.07, 6.45) is -0.295. The van der Waals surface area contributed by atoms with Gasteiger partial charge in [0.05, 0.1) is 6.10 Å². The third kappa shape index (κ3) is 4.65. The highest BCUT2D eigenvalue weighted by Gasteiger charge is 2.05. The Morgan fingerprint density at radius 1 is 1.33 bits per heavy atom. The number of aliphatic hydroxyl groups is 1. The van der Waals surface area contributed by atoms with E-state index in [4.69, 9.17) is 16.7 Å². The van der Waals surface area contributed by atoms with Crippen molar-refractivity contribution < 1.29 is 5.11 Å². The van der Waals surface area contributed by atoms with Crippen molar-refractivity contribution in [2.45, 2.75) is 25.9 Å². The zero-order chi connectivity index (χ0) is 11.3. The number of rotatable bonds is 5. The highest BCUT2D eigenvalue weighted by molar-refractivity contribution is 6.30. The Labute approximate surface area is 96.3 Å². The van der Waals surface area contributed by atoms with Gasteiger partial charge in [0.15, 0.2) is 0 Å². The number of aliphatic hydroxyl groups excluding tert-OH is 1. The normalized spacial score (nSPS) is 14.9. The molecule has 0 fully saturated rings. The molecule has 2 nitrogen and oxygen atoms in total. The first-order chi connectivity index (χ1) is 7.09. The van der Waals surface area contributed by atoms with E-state index in [-0.39, 0.29) is 6.10 Å². The van der Waals surface area contributed by atoms with Crippen LogP contribution in [0.1, 0.15) is 25.3 Å². The van der Waals surface area contributed by atoms with Crippen LogP contribution < -0.4 is 5.32 Å². The first-order valence-corrected chi connectivity index (χ1v) is 5.61. The monoisotopic (exact) mass is 227 g/mol. The van der Waals surface area contributed by atoms with Gasteiger partial charge in [-0.2, -0.15) is 0 Å². The summed E-state index contributed by atoms with van der Waals surface area (Å²) in [6.45, 7) is 5.40. The predicted octanol–water partition coefficient (Wildman–Crippen LogP) is 2.41. The Kier molecular flexibility index (Phi) is 5.09. The van der Waals surface area contributed by atoms with Crippen molar-refractivity contribution in [3.8, 4) is 0 Å².